The molecule has 1 atom stereocenters. The van der Waals surface area contributed by atoms with Crippen molar-refractivity contribution in [1.29, 1.82) is 0 Å². The van der Waals surface area contributed by atoms with E-state index in [-0.39, 0.29) is 6.10 Å². The summed E-state index contributed by atoms with van der Waals surface area (Å²) < 4.78 is 8.90. The molecule has 2 heterocycles. The second-order valence-corrected chi connectivity index (χ2v) is 2.56. The first-order chi connectivity index (χ1) is 6.29. The van der Waals surface area contributed by atoms with Crippen LogP contribution < -0.4 is 0 Å². The van der Waals surface area contributed by atoms with E-state index in [9.17, 15) is 4.79 Å². The number of hydrogen-bond acceptors (Lipinski definition) is 6. The van der Waals surface area contributed by atoms with Gasteiger partial charge in [0.15, 0.2) is 0 Å². The molecule has 1 unspecified atom stereocenters. The highest BCUT2D eigenvalue weighted by molar-refractivity contribution is 5.61. The zero-order chi connectivity index (χ0) is 9.52. The summed E-state index contributed by atoms with van der Waals surface area (Å²) in [5, 5.41) is 4.07. The summed E-state index contributed by atoms with van der Waals surface area (Å²) in [6, 6.07) is 0. The smallest absolute Gasteiger partial charge is 0.430 e. The van der Waals surface area contributed by atoms with Crippen LogP contribution in [0.4, 0.5) is 4.79 Å². The van der Waals surface area contributed by atoms with Gasteiger partial charge >= 0.3 is 6.16 Å². The molecule has 0 amide bonds. The van der Waals surface area contributed by atoms with E-state index in [0.29, 0.717) is 19.8 Å². The lowest BCUT2D eigenvalue weighted by Gasteiger charge is -2.06. The number of carbonyl (C=O) groups is 1. The van der Waals surface area contributed by atoms with Crippen LogP contribution in [0.2, 0.25) is 0 Å². The van der Waals surface area contributed by atoms with E-state index >= 15 is 0 Å². The van der Waals surface area contributed by atoms with Crippen LogP contribution in [0.15, 0.2) is 0 Å². The quantitative estimate of drug-likeness (QED) is 0.418. The Morgan fingerprint density at radius 2 is 2.00 bits per heavy atom. The molecule has 13 heavy (non-hydrogen) atoms. The topological polar surface area (TPSA) is 63.2 Å². The molecule has 0 aliphatic carbocycles. The molecule has 2 fully saturated rings. The molecule has 0 aromatic carbocycles. The maximum absolute atomic E-state index is 10.0. The highest BCUT2D eigenvalue weighted by Gasteiger charge is 2.19. The summed E-state index contributed by atoms with van der Waals surface area (Å²) in [6.07, 6.45) is 0.333. The lowest BCUT2D eigenvalue weighted by Crippen LogP contribution is -2.08. The van der Waals surface area contributed by atoms with E-state index in [4.69, 9.17) is 0 Å². The second kappa shape index (κ2) is 5.74. The van der Waals surface area contributed by atoms with Crippen LogP contribution in [0, 0.1) is 0 Å². The van der Waals surface area contributed by atoms with Crippen molar-refractivity contribution >= 4 is 6.16 Å². The molecule has 2 saturated heterocycles. The van der Waals surface area contributed by atoms with E-state index in [2.05, 4.69) is 24.3 Å². The molecule has 6 heteroatoms. The van der Waals surface area contributed by atoms with Crippen LogP contribution in [-0.4, -0.2) is 32.1 Å². The molecule has 0 radical (unpaired) electrons. The van der Waals surface area contributed by atoms with Crippen molar-refractivity contribution in [3.8, 4) is 0 Å². The molecule has 0 aromatic rings. The minimum absolute atomic E-state index is 0.0486. The van der Waals surface area contributed by atoms with Crippen LogP contribution in [0.5, 0.6) is 0 Å². The zero-order valence-electron chi connectivity index (χ0n) is 7.36. The summed E-state index contributed by atoms with van der Waals surface area (Å²) in [4.78, 5) is 18.7. The van der Waals surface area contributed by atoms with Gasteiger partial charge in [-0.3, -0.25) is 0 Å². The van der Waals surface area contributed by atoms with Crippen molar-refractivity contribution in [1.82, 2.24) is 0 Å². The Kier molecular flexibility index (Phi) is 4.52. The van der Waals surface area contributed by atoms with E-state index < -0.39 is 6.16 Å². The molecule has 2 aliphatic rings. The van der Waals surface area contributed by atoms with Gasteiger partial charge in [0.1, 0.15) is 12.7 Å². The van der Waals surface area contributed by atoms with Crippen LogP contribution in [-0.2, 0) is 24.3 Å². The number of rotatable bonds is 0. The number of ether oxygens (including phenoxy) is 2. The standard InChI is InChI=1S/C4H6O3.C3H6O3/c1-3-2-6-4(5)7-3;1-2-4-6-5-3-1/h3H,2H2,1H3;1-3H2. The van der Waals surface area contributed by atoms with Gasteiger partial charge in [-0.25, -0.2) is 14.6 Å². The van der Waals surface area contributed by atoms with Crippen LogP contribution in [0.3, 0.4) is 0 Å². The Balaban J connectivity index is 0.000000132. The molecule has 2 rings (SSSR count). The third kappa shape index (κ3) is 4.66. The summed E-state index contributed by atoms with van der Waals surface area (Å²) >= 11 is 0. The average Bonchev–Trinajstić information content (AvgIpc) is 2.54. The number of cyclic esters (lactones) is 2. The van der Waals surface area contributed by atoms with Gasteiger partial charge in [-0.1, -0.05) is 5.04 Å². The van der Waals surface area contributed by atoms with Crippen molar-refractivity contribution in [3.63, 3.8) is 0 Å². The molecule has 0 spiro atoms. The normalized spacial score (nSPS) is 26.8. The minimum Gasteiger partial charge on any atom is -0.430 e. The summed E-state index contributed by atoms with van der Waals surface area (Å²) in [5.41, 5.74) is 0. The highest BCUT2D eigenvalue weighted by Crippen LogP contribution is 2.02. The van der Waals surface area contributed by atoms with Crippen molar-refractivity contribution < 1.29 is 29.1 Å². The monoisotopic (exact) mass is 192 g/mol. The molecule has 0 aromatic heterocycles. The molecular weight excluding hydrogens is 180 g/mol. The third-order valence-corrected chi connectivity index (χ3v) is 1.28. The third-order valence-electron chi connectivity index (χ3n) is 1.28. The largest absolute Gasteiger partial charge is 0.508 e. The lowest BCUT2D eigenvalue weighted by atomic mass is 10.5. The van der Waals surface area contributed by atoms with Crippen LogP contribution in [0.1, 0.15) is 13.3 Å². The SMILES string of the molecule is C1COOOC1.CC1COC(=O)O1. The fourth-order valence-corrected chi connectivity index (χ4v) is 0.697. The van der Waals surface area contributed by atoms with Gasteiger partial charge in [0, 0.05) is 6.42 Å². The van der Waals surface area contributed by atoms with Gasteiger partial charge < -0.3 is 9.47 Å². The summed E-state index contributed by atoms with van der Waals surface area (Å²) in [5.74, 6) is 0. The molecule has 76 valence electrons. The Bertz CT molecular complexity index is 144. The zero-order valence-corrected chi connectivity index (χ0v) is 7.36. The molecule has 0 bridgehead atoms. The lowest BCUT2D eigenvalue weighted by molar-refractivity contribution is -0.532. The van der Waals surface area contributed by atoms with Crippen LogP contribution >= 0.6 is 0 Å². The van der Waals surface area contributed by atoms with E-state index in [0.717, 1.165) is 6.42 Å². The van der Waals surface area contributed by atoms with Gasteiger partial charge in [-0.2, -0.15) is 0 Å². The Labute approximate surface area is 75.5 Å². The fraction of sp³-hybridized carbons (Fsp3) is 0.857. The molecule has 0 N–H and O–H groups in total. The maximum Gasteiger partial charge on any atom is 0.508 e. The van der Waals surface area contributed by atoms with Crippen LogP contribution in [0.25, 0.3) is 0 Å². The Hall–Kier alpha value is -0.850. The predicted molar refractivity (Wildman–Crippen MR) is 39.5 cm³/mol. The van der Waals surface area contributed by atoms with E-state index in [1.54, 1.807) is 6.92 Å². The van der Waals surface area contributed by atoms with Gasteiger partial charge in [0.05, 0.1) is 13.2 Å². The second-order valence-electron chi connectivity index (χ2n) is 2.56. The van der Waals surface area contributed by atoms with Gasteiger partial charge in [0.2, 0.25) is 0 Å². The van der Waals surface area contributed by atoms with E-state index in [1.165, 1.54) is 0 Å². The van der Waals surface area contributed by atoms with Crippen molar-refractivity contribution in [2.45, 2.75) is 19.4 Å². The maximum atomic E-state index is 10.0. The number of hydrogen-bond donors (Lipinski definition) is 0. The van der Waals surface area contributed by atoms with Gasteiger partial charge in [-0.05, 0) is 6.92 Å². The molecule has 2 aliphatic heterocycles. The Morgan fingerprint density at radius 1 is 1.31 bits per heavy atom. The Morgan fingerprint density at radius 3 is 2.15 bits per heavy atom. The van der Waals surface area contributed by atoms with Crippen molar-refractivity contribution in [2.75, 3.05) is 19.8 Å². The first kappa shape index (κ1) is 10.2. The minimum atomic E-state index is -0.549. The molecular formula is C7H12O6. The molecule has 6 nitrogen and oxygen atoms in total. The summed E-state index contributed by atoms with van der Waals surface area (Å²) in [7, 11) is 0. The first-order valence-corrected chi connectivity index (χ1v) is 4.03. The fourth-order valence-electron chi connectivity index (χ4n) is 0.697. The predicted octanol–water partition coefficient (Wildman–Crippen LogP) is 0.812. The molecule has 0 saturated carbocycles. The summed E-state index contributed by atoms with van der Waals surface area (Å²) in [6.45, 7) is 3.49. The van der Waals surface area contributed by atoms with Crippen molar-refractivity contribution in [3.05, 3.63) is 0 Å². The van der Waals surface area contributed by atoms with E-state index in [1.807, 2.05) is 0 Å². The average molecular weight is 192 g/mol. The first-order valence-electron chi connectivity index (χ1n) is 4.03. The van der Waals surface area contributed by atoms with Gasteiger partial charge in [-0.15, -0.1) is 0 Å². The number of carbonyl (C=O) groups excluding carboxylic acids is 1. The van der Waals surface area contributed by atoms with Gasteiger partial charge in [0.25, 0.3) is 0 Å². The highest BCUT2D eigenvalue weighted by atomic mass is 17.5. The van der Waals surface area contributed by atoms with Crippen molar-refractivity contribution in [2.24, 2.45) is 0 Å².